The second kappa shape index (κ2) is 5.24. The molecule has 114 valence electrons. The number of rotatable bonds is 2. The molecule has 1 amide bonds. The van der Waals surface area contributed by atoms with E-state index in [9.17, 15) is 4.79 Å². The third-order valence-corrected chi connectivity index (χ3v) is 3.93. The quantitative estimate of drug-likeness (QED) is 0.790. The van der Waals surface area contributed by atoms with E-state index in [2.05, 4.69) is 15.5 Å². The summed E-state index contributed by atoms with van der Waals surface area (Å²) in [5.41, 5.74) is 3.06. The molecule has 0 saturated heterocycles. The first kappa shape index (κ1) is 13.5. The molecule has 0 bridgehead atoms. The summed E-state index contributed by atoms with van der Waals surface area (Å²) in [6.07, 6.45) is 1.34. The number of nitrogens with one attached hydrogen (secondary N) is 1. The average Bonchev–Trinajstić information content (AvgIpc) is 3.09. The van der Waals surface area contributed by atoms with Crippen molar-refractivity contribution in [2.24, 2.45) is 0 Å². The number of anilines is 1. The Kier molecular flexibility index (Phi) is 3.08. The molecule has 1 aromatic heterocycles. The van der Waals surface area contributed by atoms with E-state index >= 15 is 0 Å². The molecule has 6 nitrogen and oxygen atoms in total. The molecule has 1 N–H and O–H groups in total. The second-order valence-electron chi connectivity index (χ2n) is 5.40. The fraction of sp³-hybridized carbons (Fsp3) is 0.118. The minimum atomic E-state index is -0.338. The van der Waals surface area contributed by atoms with E-state index in [1.54, 1.807) is 22.9 Å². The molecule has 0 saturated carbocycles. The van der Waals surface area contributed by atoms with Gasteiger partial charge in [-0.25, -0.2) is 0 Å². The molecule has 6 heteroatoms. The monoisotopic (exact) mass is 305 g/mol. The predicted molar refractivity (Wildman–Crippen MR) is 86.3 cm³/mol. The third-order valence-electron chi connectivity index (χ3n) is 3.93. The molecule has 1 aliphatic rings. The van der Waals surface area contributed by atoms with Crippen LogP contribution in [-0.4, -0.2) is 32.8 Å². The molecule has 1 aliphatic heterocycles. The maximum absolute atomic E-state index is 12.5. The minimum absolute atomic E-state index is 0.0291. The first-order valence-electron chi connectivity index (χ1n) is 7.34. The van der Waals surface area contributed by atoms with Crippen LogP contribution in [0.5, 0.6) is 0 Å². The molecule has 2 heterocycles. The summed E-state index contributed by atoms with van der Waals surface area (Å²) in [6.45, 7) is 0. The van der Waals surface area contributed by atoms with Crippen molar-refractivity contribution in [1.82, 2.24) is 19.9 Å². The highest BCUT2D eigenvalue weighted by Gasteiger charge is 2.31. The largest absolute Gasteiger partial charge is 0.359 e. The highest BCUT2D eigenvalue weighted by atomic mass is 16.2. The Morgan fingerprint density at radius 3 is 2.61 bits per heavy atom. The van der Waals surface area contributed by atoms with Crippen LogP contribution in [0.1, 0.15) is 22.2 Å². The lowest BCUT2D eigenvalue weighted by molar-refractivity contribution is 0.0732. The lowest BCUT2D eigenvalue weighted by atomic mass is 10.1. The van der Waals surface area contributed by atoms with E-state index < -0.39 is 0 Å². The summed E-state index contributed by atoms with van der Waals surface area (Å²) in [5, 5.41) is 12.2. The molecule has 0 aliphatic carbocycles. The maximum Gasteiger partial charge on any atom is 0.257 e. The zero-order valence-corrected chi connectivity index (χ0v) is 12.5. The molecule has 0 unspecified atom stereocenters. The number of amides is 1. The molecule has 2 aromatic carbocycles. The normalized spacial score (nSPS) is 16.8. The number of nitrogens with zero attached hydrogens (tertiary/aromatic N) is 4. The van der Waals surface area contributed by atoms with Gasteiger partial charge >= 0.3 is 0 Å². The van der Waals surface area contributed by atoms with Crippen molar-refractivity contribution in [3.63, 3.8) is 0 Å². The minimum Gasteiger partial charge on any atom is -0.359 e. The molecular formula is C17H15N5O. The summed E-state index contributed by atoms with van der Waals surface area (Å²) in [6, 6.07) is 17.2. The highest BCUT2D eigenvalue weighted by molar-refractivity contribution is 6.01. The van der Waals surface area contributed by atoms with Gasteiger partial charge in [-0.05, 0) is 24.3 Å². The fourth-order valence-electron chi connectivity index (χ4n) is 2.71. The van der Waals surface area contributed by atoms with Crippen molar-refractivity contribution in [2.75, 3.05) is 12.4 Å². The lowest BCUT2D eigenvalue weighted by Crippen LogP contribution is -2.40. The van der Waals surface area contributed by atoms with Crippen LogP contribution in [0.25, 0.3) is 5.69 Å². The van der Waals surface area contributed by atoms with E-state index in [1.807, 2.05) is 54.6 Å². The zero-order chi connectivity index (χ0) is 15.8. The fourth-order valence-corrected chi connectivity index (χ4v) is 2.71. The molecular weight excluding hydrogens is 290 g/mol. The lowest BCUT2D eigenvalue weighted by Gasteiger charge is -2.33. The van der Waals surface area contributed by atoms with Crippen molar-refractivity contribution in [3.8, 4) is 5.69 Å². The van der Waals surface area contributed by atoms with Crippen LogP contribution in [-0.2, 0) is 0 Å². The van der Waals surface area contributed by atoms with Crippen LogP contribution in [0.15, 0.2) is 60.8 Å². The summed E-state index contributed by atoms with van der Waals surface area (Å²) >= 11 is 0. The van der Waals surface area contributed by atoms with Gasteiger partial charge in [0.2, 0.25) is 0 Å². The number of para-hydroxylation sites is 2. The van der Waals surface area contributed by atoms with Crippen LogP contribution >= 0.6 is 0 Å². The van der Waals surface area contributed by atoms with Gasteiger partial charge in [0.1, 0.15) is 11.9 Å². The molecule has 4 rings (SSSR count). The van der Waals surface area contributed by atoms with Crippen molar-refractivity contribution in [2.45, 2.75) is 6.17 Å². The number of hydrogen-bond acceptors (Lipinski definition) is 4. The van der Waals surface area contributed by atoms with Gasteiger partial charge in [0.25, 0.3) is 5.91 Å². The Bertz CT molecular complexity index is 858. The number of hydrogen-bond donors (Lipinski definition) is 1. The Morgan fingerprint density at radius 1 is 1.04 bits per heavy atom. The van der Waals surface area contributed by atoms with Crippen molar-refractivity contribution < 1.29 is 4.79 Å². The number of aromatic nitrogens is 3. The van der Waals surface area contributed by atoms with Gasteiger partial charge in [0.05, 0.1) is 17.4 Å². The van der Waals surface area contributed by atoms with Crippen LogP contribution in [0, 0.1) is 0 Å². The van der Waals surface area contributed by atoms with E-state index in [1.165, 1.54) is 0 Å². The first-order chi connectivity index (χ1) is 11.2. The van der Waals surface area contributed by atoms with Crippen molar-refractivity contribution in [3.05, 3.63) is 72.1 Å². The average molecular weight is 305 g/mol. The Hall–Kier alpha value is -3.15. The highest BCUT2D eigenvalue weighted by Crippen LogP contribution is 2.30. The van der Waals surface area contributed by atoms with E-state index in [0.29, 0.717) is 11.3 Å². The summed E-state index contributed by atoms with van der Waals surface area (Å²) in [5.74, 6) is -0.0291. The molecule has 0 radical (unpaired) electrons. The summed E-state index contributed by atoms with van der Waals surface area (Å²) in [7, 11) is 1.76. The van der Waals surface area contributed by atoms with Gasteiger partial charge in [0, 0.05) is 12.7 Å². The predicted octanol–water partition coefficient (Wildman–Crippen LogP) is 2.46. The maximum atomic E-state index is 12.5. The van der Waals surface area contributed by atoms with Crippen molar-refractivity contribution in [1.29, 1.82) is 0 Å². The second-order valence-corrected chi connectivity index (χ2v) is 5.40. The number of fused-ring (bicyclic) bond motifs is 1. The van der Waals surface area contributed by atoms with Gasteiger partial charge in [0.15, 0.2) is 0 Å². The molecule has 0 fully saturated rings. The summed E-state index contributed by atoms with van der Waals surface area (Å²) < 4.78 is 0. The Morgan fingerprint density at radius 2 is 1.78 bits per heavy atom. The molecule has 3 aromatic rings. The Labute approximate surface area is 133 Å². The van der Waals surface area contributed by atoms with Gasteiger partial charge in [-0.15, -0.1) is 5.10 Å². The van der Waals surface area contributed by atoms with Crippen LogP contribution in [0.3, 0.4) is 0 Å². The standard InChI is InChI=1S/C17H15N5O/c1-21-16(19-14-10-6-5-9-13(14)17(21)23)15-11-18-22(20-15)12-7-3-2-4-8-12/h2-11,16,19H,1H3/t16-/m1/s1. The third kappa shape index (κ3) is 2.24. The molecule has 0 spiro atoms. The molecule has 23 heavy (non-hydrogen) atoms. The topological polar surface area (TPSA) is 63.1 Å². The number of carbonyl (C=O) groups is 1. The number of benzene rings is 2. The van der Waals surface area contributed by atoms with Gasteiger partial charge < -0.3 is 10.2 Å². The molecule has 1 atom stereocenters. The first-order valence-corrected chi connectivity index (χ1v) is 7.34. The number of carbonyl (C=O) groups excluding carboxylic acids is 1. The van der Waals surface area contributed by atoms with Crippen LogP contribution in [0.4, 0.5) is 5.69 Å². The van der Waals surface area contributed by atoms with Gasteiger partial charge in [-0.3, -0.25) is 4.79 Å². The van der Waals surface area contributed by atoms with Gasteiger partial charge in [-0.1, -0.05) is 30.3 Å². The van der Waals surface area contributed by atoms with E-state index in [4.69, 9.17) is 0 Å². The van der Waals surface area contributed by atoms with E-state index in [0.717, 1.165) is 11.4 Å². The SMILES string of the molecule is CN1C(=O)c2ccccc2N[C@H]1c1cnn(-c2ccccc2)n1. The summed E-state index contributed by atoms with van der Waals surface area (Å²) in [4.78, 5) is 15.7. The van der Waals surface area contributed by atoms with Gasteiger partial charge in [-0.2, -0.15) is 9.90 Å². The zero-order valence-electron chi connectivity index (χ0n) is 12.5. The van der Waals surface area contributed by atoms with Crippen LogP contribution < -0.4 is 5.32 Å². The van der Waals surface area contributed by atoms with Crippen LogP contribution in [0.2, 0.25) is 0 Å². The Balaban J connectivity index is 1.69. The van der Waals surface area contributed by atoms with E-state index in [-0.39, 0.29) is 12.1 Å². The van der Waals surface area contributed by atoms with Crippen molar-refractivity contribution >= 4 is 11.6 Å². The smallest absolute Gasteiger partial charge is 0.257 e.